The molecule has 2 nitrogen and oxygen atoms in total. The molecule has 2 unspecified atom stereocenters. The van der Waals surface area contributed by atoms with E-state index in [1.807, 2.05) is 18.4 Å². The van der Waals surface area contributed by atoms with Gasteiger partial charge in [-0.25, -0.2) is 0 Å². The van der Waals surface area contributed by atoms with E-state index in [-0.39, 0.29) is 0 Å². The van der Waals surface area contributed by atoms with Crippen LogP contribution in [0.15, 0.2) is 17.5 Å². The molecular formula is C14H23NOS. The summed E-state index contributed by atoms with van der Waals surface area (Å²) in [5.41, 5.74) is 0. The van der Waals surface area contributed by atoms with Gasteiger partial charge >= 0.3 is 0 Å². The lowest BCUT2D eigenvalue weighted by Gasteiger charge is -2.27. The van der Waals surface area contributed by atoms with Gasteiger partial charge in [0.05, 0.1) is 6.10 Å². The van der Waals surface area contributed by atoms with Crippen molar-refractivity contribution < 1.29 is 4.74 Å². The Morgan fingerprint density at radius 1 is 1.53 bits per heavy atom. The summed E-state index contributed by atoms with van der Waals surface area (Å²) in [7, 11) is 1.86. The second-order valence-corrected chi connectivity index (χ2v) is 5.91. The van der Waals surface area contributed by atoms with Crippen molar-refractivity contribution in [3.05, 3.63) is 22.4 Å². The third kappa shape index (κ3) is 3.80. The van der Waals surface area contributed by atoms with Crippen LogP contribution in [-0.4, -0.2) is 25.8 Å². The molecule has 1 aliphatic carbocycles. The van der Waals surface area contributed by atoms with Crippen LogP contribution >= 0.6 is 11.3 Å². The number of hydrogen-bond acceptors (Lipinski definition) is 3. The maximum absolute atomic E-state index is 5.72. The van der Waals surface area contributed by atoms with Crippen LogP contribution in [0.25, 0.3) is 0 Å². The van der Waals surface area contributed by atoms with E-state index in [1.165, 1.54) is 24.1 Å². The van der Waals surface area contributed by atoms with Crippen molar-refractivity contribution >= 4 is 11.3 Å². The van der Waals surface area contributed by atoms with Gasteiger partial charge in [-0.1, -0.05) is 13.0 Å². The lowest BCUT2D eigenvalue weighted by Crippen LogP contribution is -2.44. The summed E-state index contributed by atoms with van der Waals surface area (Å²) in [5.74, 6) is 0.786. The van der Waals surface area contributed by atoms with Crippen LogP contribution in [0, 0.1) is 5.92 Å². The minimum atomic E-state index is 0.392. The highest BCUT2D eigenvalue weighted by Crippen LogP contribution is 2.36. The smallest absolute Gasteiger partial charge is 0.0755 e. The third-order valence-corrected chi connectivity index (χ3v) is 4.31. The van der Waals surface area contributed by atoms with E-state index in [4.69, 9.17) is 4.74 Å². The number of ether oxygens (including phenoxy) is 1. The van der Waals surface area contributed by atoms with Gasteiger partial charge in [0.2, 0.25) is 0 Å². The molecule has 1 heterocycles. The third-order valence-electron chi connectivity index (χ3n) is 3.41. The van der Waals surface area contributed by atoms with Crippen molar-refractivity contribution in [2.45, 2.75) is 44.8 Å². The summed E-state index contributed by atoms with van der Waals surface area (Å²) in [6.45, 7) is 3.30. The Hall–Kier alpha value is -0.380. The summed E-state index contributed by atoms with van der Waals surface area (Å²) >= 11 is 1.85. The molecule has 0 bridgehead atoms. The van der Waals surface area contributed by atoms with E-state index < -0.39 is 0 Å². The lowest BCUT2D eigenvalue weighted by atomic mass is 10.0. The van der Waals surface area contributed by atoms with Crippen LogP contribution in [0.3, 0.4) is 0 Å². The average molecular weight is 253 g/mol. The zero-order chi connectivity index (χ0) is 12.1. The van der Waals surface area contributed by atoms with Gasteiger partial charge in [-0.3, -0.25) is 0 Å². The Morgan fingerprint density at radius 2 is 2.35 bits per heavy atom. The predicted octanol–water partition coefficient (Wildman–Crippen LogP) is 3.08. The van der Waals surface area contributed by atoms with Crippen molar-refractivity contribution in [2.75, 3.05) is 13.7 Å². The van der Waals surface area contributed by atoms with Gasteiger partial charge < -0.3 is 10.1 Å². The molecule has 3 heteroatoms. The standard InChI is InChI=1S/C14H23NOS/c1-3-8-15-13(10-12-5-4-9-17-12)14(16-2)11-6-7-11/h4-5,9,11,13-15H,3,6-8,10H2,1-2H3. The predicted molar refractivity (Wildman–Crippen MR) is 73.6 cm³/mol. The number of nitrogens with one attached hydrogen (secondary N) is 1. The highest BCUT2D eigenvalue weighted by Gasteiger charge is 2.36. The van der Waals surface area contributed by atoms with Gasteiger partial charge in [-0.05, 0) is 49.6 Å². The average Bonchev–Trinajstić information content (AvgIpc) is 3.04. The second kappa shape index (κ2) is 6.53. The van der Waals surface area contributed by atoms with E-state index in [9.17, 15) is 0 Å². The summed E-state index contributed by atoms with van der Waals surface area (Å²) in [4.78, 5) is 1.46. The van der Waals surface area contributed by atoms with Gasteiger partial charge in [0.25, 0.3) is 0 Å². The Kier molecular flexibility index (Phi) is 5.01. The molecule has 2 atom stereocenters. The molecule has 2 rings (SSSR count). The fourth-order valence-electron chi connectivity index (χ4n) is 2.39. The largest absolute Gasteiger partial charge is 0.380 e. The molecule has 0 spiro atoms. The van der Waals surface area contributed by atoms with Crippen LogP contribution in [0.4, 0.5) is 0 Å². The van der Waals surface area contributed by atoms with Crippen molar-refractivity contribution in [3.8, 4) is 0 Å². The maximum atomic E-state index is 5.72. The molecule has 1 aromatic heterocycles. The Labute approximate surface area is 108 Å². The molecule has 0 aliphatic heterocycles. The first-order chi connectivity index (χ1) is 8.35. The summed E-state index contributed by atoms with van der Waals surface area (Å²) in [6, 6.07) is 4.84. The number of methoxy groups -OCH3 is 1. The molecule has 1 aliphatic rings. The Morgan fingerprint density at radius 3 is 2.88 bits per heavy atom. The molecule has 0 saturated heterocycles. The van der Waals surface area contributed by atoms with Crippen molar-refractivity contribution in [3.63, 3.8) is 0 Å². The minimum absolute atomic E-state index is 0.392. The summed E-state index contributed by atoms with van der Waals surface area (Å²) in [5, 5.41) is 5.82. The molecule has 17 heavy (non-hydrogen) atoms. The van der Waals surface area contributed by atoms with Crippen molar-refractivity contribution in [2.24, 2.45) is 5.92 Å². The van der Waals surface area contributed by atoms with E-state index in [1.54, 1.807) is 0 Å². The molecule has 96 valence electrons. The molecular weight excluding hydrogens is 230 g/mol. The SMILES string of the molecule is CCCNC(Cc1cccs1)C(OC)C1CC1. The van der Waals surface area contributed by atoms with E-state index in [0.29, 0.717) is 12.1 Å². The zero-order valence-electron chi connectivity index (χ0n) is 10.8. The monoisotopic (exact) mass is 253 g/mol. The van der Waals surface area contributed by atoms with Gasteiger partial charge in [-0.15, -0.1) is 11.3 Å². The highest BCUT2D eigenvalue weighted by atomic mass is 32.1. The van der Waals surface area contributed by atoms with E-state index in [2.05, 4.69) is 29.8 Å². The lowest BCUT2D eigenvalue weighted by molar-refractivity contribution is 0.0513. The quantitative estimate of drug-likeness (QED) is 0.769. The topological polar surface area (TPSA) is 21.3 Å². The van der Waals surface area contributed by atoms with Crippen LogP contribution in [0.1, 0.15) is 31.1 Å². The maximum Gasteiger partial charge on any atom is 0.0755 e. The molecule has 0 amide bonds. The van der Waals surface area contributed by atoms with Crippen molar-refractivity contribution in [1.29, 1.82) is 0 Å². The van der Waals surface area contributed by atoms with Crippen LogP contribution < -0.4 is 5.32 Å². The van der Waals surface area contributed by atoms with Crippen LogP contribution in [-0.2, 0) is 11.2 Å². The Balaban J connectivity index is 1.95. The molecule has 0 radical (unpaired) electrons. The van der Waals surface area contributed by atoms with Crippen LogP contribution in [0.5, 0.6) is 0 Å². The fraction of sp³-hybridized carbons (Fsp3) is 0.714. The van der Waals surface area contributed by atoms with Gasteiger partial charge in [0, 0.05) is 18.0 Å². The molecule has 1 saturated carbocycles. The summed E-state index contributed by atoms with van der Waals surface area (Å²) in [6.07, 6.45) is 5.36. The second-order valence-electron chi connectivity index (χ2n) is 4.88. The van der Waals surface area contributed by atoms with E-state index >= 15 is 0 Å². The fourth-order valence-corrected chi connectivity index (χ4v) is 3.15. The van der Waals surface area contributed by atoms with Gasteiger partial charge in [0.1, 0.15) is 0 Å². The number of rotatable bonds is 8. The molecule has 1 aromatic rings. The first-order valence-electron chi connectivity index (χ1n) is 6.63. The molecule has 0 aromatic carbocycles. The Bertz CT molecular complexity index is 308. The molecule has 1 N–H and O–H groups in total. The first kappa shape index (κ1) is 13.1. The highest BCUT2D eigenvalue weighted by molar-refractivity contribution is 7.09. The summed E-state index contributed by atoms with van der Waals surface area (Å²) < 4.78 is 5.72. The first-order valence-corrected chi connectivity index (χ1v) is 7.51. The van der Waals surface area contributed by atoms with Gasteiger partial charge in [-0.2, -0.15) is 0 Å². The zero-order valence-corrected chi connectivity index (χ0v) is 11.6. The van der Waals surface area contributed by atoms with E-state index in [0.717, 1.165) is 18.9 Å². The minimum Gasteiger partial charge on any atom is -0.380 e. The molecule has 1 fully saturated rings. The number of thiophene rings is 1. The number of hydrogen-bond donors (Lipinski definition) is 1. The van der Waals surface area contributed by atoms with Crippen molar-refractivity contribution in [1.82, 2.24) is 5.32 Å². The normalized spacial score (nSPS) is 19.2. The van der Waals surface area contributed by atoms with Crippen LogP contribution in [0.2, 0.25) is 0 Å². The van der Waals surface area contributed by atoms with Gasteiger partial charge in [0.15, 0.2) is 0 Å².